The molecule has 16 heavy (non-hydrogen) atoms. The minimum Gasteiger partial charge on any atom is -0.460 e. The number of amides is 1. The Labute approximate surface area is 93.4 Å². The third-order valence-electron chi connectivity index (χ3n) is 3.23. The van der Waals surface area contributed by atoms with Crippen molar-refractivity contribution in [2.24, 2.45) is 0 Å². The summed E-state index contributed by atoms with van der Waals surface area (Å²) >= 11 is 0. The van der Waals surface area contributed by atoms with E-state index in [0.29, 0.717) is 13.0 Å². The molecule has 1 unspecified atom stereocenters. The van der Waals surface area contributed by atoms with Crippen molar-refractivity contribution >= 4 is 16.9 Å². The lowest BCUT2D eigenvalue weighted by Gasteiger charge is -2.03. The van der Waals surface area contributed by atoms with Crippen LogP contribution >= 0.6 is 0 Å². The van der Waals surface area contributed by atoms with E-state index in [1.54, 1.807) is 0 Å². The molecule has 0 saturated carbocycles. The van der Waals surface area contributed by atoms with Crippen molar-refractivity contribution in [2.75, 3.05) is 6.54 Å². The van der Waals surface area contributed by atoms with Crippen molar-refractivity contribution in [3.05, 3.63) is 35.6 Å². The normalized spacial score (nSPS) is 20.3. The van der Waals surface area contributed by atoms with Gasteiger partial charge < -0.3 is 9.73 Å². The van der Waals surface area contributed by atoms with E-state index in [2.05, 4.69) is 18.3 Å². The van der Waals surface area contributed by atoms with E-state index in [1.165, 1.54) is 0 Å². The summed E-state index contributed by atoms with van der Waals surface area (Å²) in [5, 5.41) is 3.99. The monoisotopic (exact) mass is 215 g/mol. The maximum atomic E-state index is 11.2. The molecule has 1 aliphatic heterocycles. The van der Waals surface area contributed by atoms with E-state index in [0.717, 1.165) is 22.3 Å². The predicted octanol–water partition coefficient (Wildman–Crippen LogP) is 2.34. The Bertz CT molecular complexity index is 556. The lowest BCUT2D eigenvalue weighted by molar-refractivity contribution is -0.119. The standard InChI is InChI=1S/C13H13NO2/c1-8-10-4-2-3-5-11(10)16-13(8)9-6-12(15)14-7-9/h2-5,9H,6-7H2,1H3,(H,14,15). The van der Waals surface area contributed by atoms with Crippen LogP contribution in [0.1, 0.15) is 23.7 Å². The van der Waals surface area contributed by atoms with Crippen molar-refractivity contribution in [3.63, 3.8) is 0 Å². The topological polar surface area (TPSA) is 42.2 Å². The highest BCUT2D eigenvalue weighted by atomic mass is 16.3. The van der Waals surface area contributed by atoms with Crippen molar-refractivity contribution in [2.45, 2.75) is 19.3 Å². The van der Waals surface area contributed by atoms with Gasteiger partial charge in [-0.05, 0) is 18.6 Å². The number of fused-ring (bicyclic) bond motifs is 1. The molecule has 1 N–H and O–H groups in total. The summed E-state index contributed by atoms with van der Waals surface area (Å²) in [5.74, 6) is 1.27. The second kappa shape index (κ2) is 3.37. The molecule has 2 aromatic rings. The molecule has 1 atom stereocenters. The van der Waals surface area contributed by atoms with Crippen LogP contribution in [0.25, 0.3) is 11.0 Å². The van der Waals surface area contributed by atoms with Gasteiger partial charge in [0.05, 0.1) is 0 Å². The number of benzene rings is 1. The molecule has 0 bridgehead atoms. The third-order valence-corrected chi connectivity index (χ3v) is 3.23. The zero-order chi connectivity index (χ0) is 11.1. The molecule has 0 radical (unpaired) electrons. The minimum atomic E-state index is 0.116. The molecular formula is C13H13NO2. The SMILES string of the molecule is Cc1c(C2CNC(=O)C2)oc2ccccc12. The van der Waals surface area contributed by atoms with E-state index >= 15 is 0 Å². The van der Waals surface area contributed by atoms with Gasteiger partial charge >= 0.3 is 0 Å². The first kappa shape index (κ1) is 9.46. The average Bonchev–Trinajstić information content (AvgIpc) is 2.84. The second-order valence-corrected chi connectivity index (χ2v) is 4.29. The number of furan rings is 1. The molecule has 3 rings (SSSR count). The zero-order valence-electron chi connectivity index (χ0n) is 9.12. The number of rotatable bonds is 1. The van der Waals surface area contributed by atoms with Gasteiger partial charge in [0.25, 0.3) is 0 Å². The molecule has 0 spiro atoms. The Morgan fingerprint density at radius 1 is 1.38 bits per heavy atom. The van der Waals surface area contributed by atoms with Gasteiger partial charge in [-0.3, -0.25) is 4.79 Å². The number of hydrogen-bond acceptors (Lipinski definition) is 2. The summed E-state index contributed by atoms with van der Waals surface area (Å²) in [7, 11) is 0. The summed E-state index contributed by atoms with van der Waals surface area (Å²) < 4.78 is 5.84. The van der Waals surface area contributed by atoms with Crippen LogP contribution in [0.3, 0.4) is 0 Å². The molecule has 1 aromatic carbocycles. The summed E-state index contributed by atoms with van der Waals surface area (Å²) in [6, 6.07) is 8.00. The Morgan fingerprint density at radius 3 is 2.88 bits per heavy atom. The van der Waals surface area contributed by atoms with E-state index < -0.39 is 0 Å². The van der Waals surface area contributed by atoms with Crippen LogP contribution in [0.5, 0.6) is 0 Å². The molecule has 1 amide bonds. The molecule has 1 fully saturated rings. The fourth-order valence-corrected chi connectivity index (χ4v) is 2.37. The molecule has 3 nitrogen and oxygen atoms in total. The number of nitrogens with one attached hydrogen (secondary N) is 1. The van der Waals surface area contributed by atoms with E-state index in [4.69, 9.17) is 4.42 Å². The van der Waals surface area contributed by atoms with Crippen LogP contribution in [0.2, 0.25) is 0 Å². The van der Waals surface area contributed by atoms with Gasteiger partial charge in [-0.2, -0.15) is 0 Å². The van der Waals surface area contributed by atoms with Crippen molar-refractivity contribution in [1.29, 1.82) is 0 Å². The van der Waals surface area contributed by atoms with Gasteiger partial charge in [-0.1, -0.05) is 18.2 Å². The minimum absolute atomic E-state index is 0.116. The Hall–Kier alpha value is -1.77. The van der Waals surface area contributed by atoms with Crippen LogP contribution < -0.4 is 5.32 Å². The fourth-order valence-electron chi connectivity index (χ4n) is 2.37. The van der Waals surface area contributed by atoms with Crippen molar-refractivity contribution < 1.29 is 9.21 Å². The molecule has 0 aliphatic carbocycles. The van der Waals surface area contributed by atoms with Gasteiger partial charge in [-0.25, -0.2) is 0 Å². The number of carbonyl (C=O) groups excluding carboxylic acids is 1. The van der Waals surface area contributed by atoms with Gasteiger partial charge in [0, 0.05) is 24.3 Å². The zero-order valence-corrected chi connectivity index (χ0v) is 9.12. The summed E-state index contributed by atoms with van der Waals surface area (Å²) in [6.07, 6.45) is 0.542. The molecule has 1 aromatic heterocycles. The predicted molar refractivity (Wildman–Crippen MR) is 61.3 cm³/mol. The van der Waals surface area contributed by atoms with Crippen LogP contribution in [0.4, 0.5) is 0 Å². The third kappa shape index (κ3) is 1.32. The number of aryl methyl sites for hydroxylation is 1. The quantitative estimate of drug-likeness (QED) is 0.793. The Kier molecular flexibility index (Phi) is 1.99. The van der Waals surface area contributed by atoms with Gasteiger partial charge in [0.15, 0.2) is 0 Å². The highest BCUT2D eigenvalue weighted by Crippen LogP contribution is 2.33. The Morgan fingerprint density at radius 2 is 2.19 bits per heavy atom. The maximum absolute atomic E-state index is 11.2. The second-order valence-electron chi connectivity index (χ2n) is 4.29. The highest BCUT2D eigenvalue weighted by molar-refractivity contribution is 5.84. The van der Waals surface area contributed by atoms with E-state index in [-0.39, 0.29) is 11.8 Å². The molecule has 1 saturated heterocycles. The summed E-state index contributed by atoms with van der Waals surface area (Å²) in [4.78, 5) is 11.2. The highest BCUT2D eigenvalue weighted by Gasteiger charge is 2.27. The van der Waals surface area contributed by atoms with Gasteiger partial charge in [-0.15, -0.1) is 0 Å². The lowest BCUT2D eigenvalue weighted by Crippen LogP contribution is -2.13. The van der Waals surface area contributed by atoms with E-state index in [1.807, 2.05) is 18.2 Å². The van der Waals surface area contributed by atoms with E-state index in [9.17, 15) is 4.79 Å². The summed E-state index contributed by atoms with van der Waals surface area (Å²) in [5.41, 5.74) is 2.08. The Balaban J connectivity index is 2.10. The summed E-state index contributed by atoms with van der Waals surface area (Å²) in [6.45, 7) is 2.75. The number of hydrogen-bond donors (Lipinski definition) is 1. The van der Waals surface area contributed by atoms with Crippen LogP contribution in [-0.4, -0.2) is 12.5 Å². The molecular weight excluding hydrogens is 202 g/mol. The van der Waals surface area contributed by atoms with Crippen LogP contribution in [0, 0.1) is 6.92 Å². The first-order chi connectivity index (χ1) is 7.75. The van der Waals surface area contributed by atoms with Gasteiger partial charge in [0.1, 0.15) is 11.3 Å². The number of para-hydroxylation sites is 1. The molecule has 1 aliphatic rings. The molecule has 2 heterocycles. The fraction of sp³-hybridized carbons (Fsp3) is 0.308. The number of carbonyl (C=O) groups is 1. The average molecular weight is 215 g/mol. The van der Waals surface area contributed by atoms with Crippen LogP contribution in [0.15, 0.2) is 28.7 Å². The first-order valence-corrected chi connectivity index (χ1v) is 5.50. The van der Waals surface area contributed by atoms with Gasteiger partial charge in [0.2, 0.25) is 5.91 Å². The first-order valence-electron chi connectivity index (χ1n) is 5.50. The van der Waals surface area contributed by atoms with Crippen molar-refractivity contribution in [1.82, 2.24) is 5.32 Å². The van der Waals surface area contributed by atoms with Crippen molar-refractivity contribution in [3.8, 4) is 0 Å². The van der Waals surface area contributed by atoms with Crippen LogP contribution in [-0.2, 0) is 4.79 Å². The lowest BCUT2D eigenvalue weighted by atomic mass is 10.0. The molecule has 3 heteroatoms. The smallest absolute Gasteiger partial charge is 0.220 e. The molecule has 82 valence electrons. The maximum Gasteiger partial charge on any atom is 0.220 e. The largest absolute Gasteiger partial charge is 0.460 e.